The summed E-state index contributed by atoms with van der Waals surface area (Å²) in [6, 6.07) is 16.0. The van der Waals surface area contributed by atoms with Gasteiger partial charge in [0.05, 0.1) is 0 Å². The van der Waals surface area contributed by atoms with E-state index in [-0.39, 0.29) is 0 Å². The molecule has 3 aromatic rings. The van der Waals surface area contributed by atoms with Crippen LogP contribution in [-0.2, 0) is 0 Å². The maximum atomic E-state index is 9.86. The van der Waals surface area contributed by atoms with E-state index < -0.39 is 0 Å². The van der Waals surface area contributed by atoms with Crippen molar-refractivity contribution in [3.05, 3.63) is 54.1 Å². The van der Waals surface area contributed by atoms with Gasteiger partial charge in [-0.1, -0.05) is 36.4 Å². The molecule has 3 rings (SSSR count). The molecule has 16 heavy (non-hydrogen) atoms. The van der Waals surface area contributed by atoms with Gasteiger partial charge < -0.3 is 5.11 Å². The maximum absolute atomic E-state index is 9.86. The Morgan fingerprint density at radius 3 is 2.44 bits per heavy atom. The van der Waals surface area contributed by atoms with Crippen molar-refractivity contribution in [3.63, 3.8) is 0 Å². The molecule has 0 saturated carbocycles. The summed E-state index contributed by atoms with van der Waals surface area (Å²) >= 11 is 0. The van der Waals surface area contributed by atoms with Crippen LogP contribution >= 0.6 is 0 Å². The molecule has 0 amide bonds. The summed E-state index contributed by atoms with van der Waals surface area (Å²) in [4.78, 5) is 0. The molecule has 1 nitrogen and oxygen atoms in total. The molecule has 0 aliphatic heterocycles. The van der Waals surface area contributed by atoms with Gasteiger partial charge in [0, 0.05) is 5.39 Å². The Kier molecular flexibility index (Phi) is 1.87. The average Bonchev–Trinajstić information content (AvgIpc) is 2.31. The summed E-state index contributed by atoms with van der Waals surface area (Å²) in [5, 5.41) is 14.3. The lowest BCUT2D eigenvalue weighted by molar-refractivity contribution is 0.481. The zero-order valence-corrected chi connectivity index (χ0v) is 9.07. The fraction of sp³-hybridized carbons (Fsp3) is 0.0667. The Morgan fingerprint density at radius 2 is 1.56 bits per heavy atom. The predicted molar refractivity (Wildman–Crippen MR) is 67.9 cm³/mol. The highest BCUT2D eigenvalue weighted by atomic mass is 16.3. The normalized spacial score (nSPS) is 11.1. The lowest BCUT2D eigenvalue weighted by Gasteiger charge is -2.08. The molecule has 0 unspecified atom stereocenters. The van der Waals surface area contributed by atoms with Crippen molar-refractivity contribution in [3.8, 4) is 5.75 Å². The van der Waals surface area contributed by atoms with Gasteiger partial charge in [0.1, 0.15) is 5.75 Å². The molecule has 0 fully saturated rings. The highest BCUT2D eigenvalue weighted by molar-refractivity contribution is 6.04. The van der Waals surface area contributed by atoms with Crippen molar-refractivity contribution >= 4 is 21.5 Å². The van der Waals surface area contributed by atoms with Crippen LogP contribution in [0.3, 0.4) is 0 Å². The molecule has 1 heteroatoms. The van der Waals surface area contributed by atoms with Gasteiger partial charge in [0.25, 0.3) is 0 Å². The Bertz CT molecular complexity index is 683. The molecule has 0 atom stereocenters. The Hall–Kier alpha value is -2.02. The monoisotopic (exact) mass is 208 g/mol. The van der Waals surface area contributed by atoms with E-state index in [0.717, 1.165) is 10.8 Å². The largest absolute Gasteiger partial charge is 0.507 e. The molecule has 0 saturated heterocycles. The number of aromatic hydroxyl groups is 1. The number of hydrogen-bond donors (Lipinski definition) is 1. The van der Waals surface area contributed by atoms with Crippen molar-refractivity contribution < 1.29 is 5.11 Å². The van der Waals surface area contributed by atoms with Crippen molar-refractivity contribution in [2.75, 3.05) is 0 Å². The standard InChI is InChI=1S/C15H12O/c1-10-12-6-3-2-5-11(12)9-14-13(10)7-4-8-15(14)16/h2-9,16H,1H3. The molecule has 78 valence electrons. The van der Waals surface area contributed by atoms with Crippen LogP contribution in [0.15, 0.2) is 48.5 Å². The summed E-state index contributed by atoms with van der Waals surface area (Å²) in [7, 11) is 0. The van der Waals surface area contributed by atoms with E-state index in [0.29, 0.717) is 5.75 Å². The zero-order chi connectivity index (χ0) is 11.1. The minimum absolute atomic E-state index is 0.353. The van der Waals surface area contributed by atoms with E-state index in [1.54, 1.807) is 6.07 Å². The molecule has 3 aromatic carbocycles. The second-order valence-corrected chi connectivity index (χ2v) is 4.09. The van der Waals surface area contributed by atoms with Gasteiger partial charge in [-0.05, 0) is 40.8 Å². The molecular weight excluding hydrogens is 196 g/mol. The topological polar surface area (TPSA) is 20.2 Å². The fourth-order valence-electron chi connectivity index (χ4n) is 2.30. The first-order valence-electron chi connectivity index (χ1n) is 5.37. The Balaban J connectivity index is 2.61. The third-order valence-corrected chi connectivity index (χ3v) is 3.15. The highest BCUT2D eigenvalue weighted by Crippen LogP contribution is 2.32. The van der Waals surface area contributed by atoms with Crippen LogP contribution in [0.4, 0.5) is 0 Å². The average molecular weight is 208 g/mol. The lowest BCUT2D eigenvalue weighted by Crippen LogP contribution is -1.82. The minimum Gasteiger partial charge on any atom is -0.507 e. The second-order valence-electron chi connectivity index (χ2n) is 4.09. The van der Waals surface area contributed by atoms with E-state index in [4.69, 9.17) is 0 Å². The second kappa shape index (κ2) is 3.24. The summed E-state index contributed by atoms with van der Waals surface area (Å²) < 4.78 is 0. The van der Waals surface area contributed by atoms with Gasteiger partial charge in [-0.25, -0.2) is 0 Å². The molecule has 0 aliphatic rings. The minimum atomic E-state index is 0.353. The van der Waals surface area contributed by atoms with Gasteiger partial charge >= 0.3 is 0 Å². The van der Waals surface area contributed by atoms with Crippen molar-refractivity contribution in [1.82, 2.24) is 0 Å². The van der Waals surface area contributed by atoms with Crippen LogP contribution < -0.4 is 0 Å². The van der Waals surface area contributed by atoms with Crippen LogP contribution in [0.5, 0.6) is 5.75 Å². The molecule has 1 N–H and O–H groups in total. The van der Waals surface area contributed by atoms with Gasteiger partial charge in [0.2, 0.25) is 0 Å². The summed E-state index contributed by atoms with van der Waals surface area (Å²) in [6.45, 7) is 2.10. The van der Waals surface area contributed by atoms with Crippen molar-refractivity contribution in [1.29, 1.82) is 0 Å². The van der Waals surface area contributed by atoms with Crippen LogP contribution in [0.1, 0.15) is 5.56 Å². The van der Waals surface area contributed by atoms with E-state index in [9.17, 15) is 5.11 Å². The first-order valence-corrected chi connectivity index (χ1v) is 5.37. The Labute approximate surface area is 94.0 Å². The van der Waals surface area contributed by atoms with E-state index in [1.807, 2.05) is 24.3 Å². The van der Waals surface area contributed by atoms with Crippen LogP contribution in [0.2, 0.25) is 0 Å². The van der Waals surface area contributed by atoms with Gasteiger partial charge in [-0.15, -0.1) is 0 Å². The highest BCUT2D eigenvalue weighted by Gasteiger charge is 2.05. The van der Waals surface area contributed by atoms with E-state index in [1.165, 1.54) is 16.3 Å². The molecule has 0 aromatic heterocycles. The summed E-state index contributed by atoms with van der Waals surface area (Å²) in [5.41, 5.74) is 1.23. The van der Waals surface area contributed by atoms with Crippen LogP contribution in [0.25, 0.3) is 21.5 Å². The van der Waals surface area contributed by atoms with Gasteiger partial charge in [0.15, 0.2) is 0 Å². The molecule has 0 aliphatic carbocycles. The molecule has 0 heterocycles. The van der Waals surface area contributed by atoms with Crippen LogP contribution in [-0.4, -0.2) is 5.11 Å². The quantitative estimate of drug-likeness (QED) is 0.553. The van der Waals surface area contributed by atoms with Gasteiger partial charge in [-0.2, -0.15) is 0 Å². The lowest BCUT2D eigenvalue weighted by atomic mass is 9.97. The number of hydrogen-bond acceptors (Lipinski definition) is 1. The summed E-state index contributed by atoms with van der Waals surface area (Å²) in [5.74, 6) is 0.353. The zero-order valence-electron chi connectivity index (χ0n) is 9.07. The number of rotatable bonds is 0. The third kappa shape index (κ3) is 1.18. The van der Waals surface area contributed by atoms with Crippen molar-refractivity contribution in [2.45, 2.75) is 6.92 Å². The number of phenolic OH excluding ortho intramolecular Hbond substituents is 1. The van der Waals surface area contributed by atoms with E-state index in [2.05, 4.69) is 25.1 Å². The molecule has 0 radical (unpaired) electrons. The smallest absolute Gasteiger partial charge is 0.123 e. The van der Waals surface area contributed by atoms with Crippen molar-refractivity contribution in [2.24, 2.45) is 0 Å². The number of phenols is 1. The first-order chi connectivity index (χ1) is 7.77. The number of benzene rings is 3. The fourth-order valence-corrected chi connectivity index (χ4v) is 2.30. The predicted octanol–water partition coefficient (Wildman–Crippen LogP) is 4.01. The molecular formula is C15H12O. The first kappa shape index (κ1) is 9.22. The number of fused-ring (bicyclic) bond motifs is 2. The van der Waals surface area contributed by atoms with Crippen LogP contribution in [0, 0.1) is 6.92 Å². The SMILES string of the molecule is Cc1c2ccccc2cc2c(O)cccc12. The third-order valence-electron chi connectivity index (χ3n) is 3.15. The molecule has 0 bridgehead atoms. The molecule has 0 spiro atoms. The van der Waals surface area contributed by atoms with E-state index >= 15 is 0 Å². The number of aryl methyl sites for hydroxylation is 1. The van der Waals surface area contributed by atoms with Gasteiger partial charge in [-0.3, -0.25) is 0 Å². The summed E-state index contributed by atoms with van der Waals surface area (Å²) in [6.07, 6.45) is 0. The maximum Gasteiger partial charge on any atom is 0.123 e. The Morgan fingerprint density at radius 1 is 0.812 bits per heavy atom.